The van der Waals surface area contributed by atoms with Crippen molar-refractivity contribution in [3.05, 3.63) is 51.9 Å². The van der Waals surface area contributed by atoms with Crippen molar-refractivity contribution < 1.29 is 4.79 Å². The van der Waals surface area contributed by atoms with Crippen LogP contribution >= 0.6 is 11.3 Å². The Labute approximate surface area is 146 Å². The van der Waals surface area contributed by atoms with Crippen LogP contribution in [0.25, 0.3) is 0 Å². The topological polar surface area (TPSA) is 52.9 Å². The van der Waals surface area contributed by atoms with Gasteiger partial charge in [-0.05, 0) is 43.2 Å². The van der Waals surface area contributed by atoms with Crippen molar-refractivity contribution in [3.63, 3.8) is 0 Å². The zero-order chi connectivity index (χ0) is 16.6. The van der Waals surface area contributed by atoms with Crippen LogP contribution in [-0.2, 0) is 23.1 Å². The molecule has 2 aliphatic carbocycles. The van der Waals surface area contributed by atoms with Gasteiger partial charge in [0, 0.05) is 4.88 Å². The van der Waals surface area contributed by atoms with Crippen molar-refractivity contribution in [3.8, 4) is 6.07 Å². The molecule has 1 amide bonds. The third-order valence-corrected chi connectivity index (χ3v) is 6.69. The number of hydrogen-bond donors (Lipinski definition) is 1. The van der Waals surface area contributed by atoms with E-state index in [1.807, 2.05) is 18.2 Å². The van der Waals surface area contributed by atoms with E-state index in [1.165, 1.54) is 4.88 Å². The van der Waals surface area contributed by atoms with Crippen LogP contribution < -0.4 is 5.32 Å². The van der Waals surface area contributed by atoms with Crippen LogP contribution in [0.3, 0.4) is 0 Å². The molecule has 1 fully saturated rings. The molecule has 4 rings (SSSR count). The van der Waals surface area contributed by atoms with Crippen LogP contribution in [0.5, 0.6) is 0 Å². The molecule has 2 aromatic rings. The van der Waals surface area contributed by atoms with Gasteiger partial charge < -0.3 is 5.32 Å². The molecule has 2 aliphatic rings. The van der Waals surface area contributed by atoms with E-state index in [1.54, 1.807) is 11.3 Å². The molecule has 1 aromatic carbocycles. The average molecular weight is 336 g/mol. The summed E-state index contributed by atoms with van der Waals surface area (Å²) in [6.07, 6.45) is 7.05. The number of rotatable bonds is 3. The Balaban J connectivity index is 1.67. The maximum absolute atomic E-state index is 13.2. The van der Waals surface area contributed by atoms with E-state index in [0.29, 0.717) is 5.56 Å². The standard InChI is InChI=1S/C20H20N2OS/c21-13-16-15-9-6-10-17(15)24-18(16)22-19(23)20(11-4-5-12-20)14-7-2-1-3-8-14/h1-3,7-8H,4-6,9-12H2,(H,22,23). The number of carbonyl (C=O) groups excluding carboxylic acids is 1. The van der Waals surface area contributed by atoms with E-state index in [0.717, 1.165) is 61.1 Å². The van der Waals surface area contributed by atoms with Gasteiger partial charge >= 0.3 is 0 Å². The molecule has 1 N–H and O–H groups in total. The van der Waals surface area contributed by atoms with E-state index in [2.05, 4.69) is 23.5 Å². The summed E-state index contributed by atoms with van der Waals surface area (Å²) in [6, 6.07) is 12.4. The first-order chi connectivity index (χ1) is 11.7. The van der Waals surface area contributed by atoms with Crippen molar-refractivity contribution in [2.24, 2.45) is 0 Å². The van der Waals surface area contributed by atoms with Crippen molar-refractivity contribution >= 4 is 22.2 Å². The molecular weight excluding hydrogens is 316 g/mol. The highest BCUT2D eigenvalue weighted by molar-refractivity contribution is 7.16. The van der Waals surface area contributed by atoms with Gasteiger partial charge in [0.05, 0.1) is 11.0 Å². The van der Waals surface area contributed by atoms with Gasteiger partial charge in [-0.1, -0.05) is 43.2 Å². The first kappa shape index (κ1) is 15.4. The lowest BCUT2D eigenvalue weighted by Gasteiger charge is -2.28. The first-order valence-electron chi connectivity index (χ1n) is 8.66. The van der Waals surface area contributed by atoms with Crippen LogP contribution in [-0.4, -0.2) is 5.91 Å². The van der Waals surface area contributed by atoms with Crippen molar-refractivity contribution in [2.45, 2.75) is 50.4 Å². The normalized spacial score (nSPS) is 18.1. The highest BCUT2D eigenvalue weighted by atomic mass is 32.1. The molecule has 4 heteroatoms. The van der Waals surface area contributed by atoms with Crippen LogP contribution in [0.4, 0.5) is 5.00 Å². The Morgan fingerprint density at radius 2 is 1.88 bits per heavy atom. The molecule has 0 spiro atoms. The van der Waals surface area contributed by atoms with Crippen molar-refractivity contribution in [1.82, 2.24) is 0 Å². The minimum Gasteiger partial charge on any atom is -0.316 e. The second-order valence-electron chi connectivity index (χ2n) is 6.78. The van der Waals surface area contributed by atoms with Gasteiger partial charge in [0.2, 0.25) is 5.91 Å². The molecule has 0 unspecified atom stereocenters. The summed E-state index contributed by atoms with van der Waals surface area (Å²) in [5, 5.41) is 13.4. The smallest absolute Gasteiger partial charge is 0.235 e. The van der Waals surface area contributed by atoms with Crippen LogP contribution in [0.1, 0.15) is 53.7 Å². The first-order valence-corrected chi connectivity index (χ1v) is 9.48. The van der Waals surface area contributed by atoms with E-state index >= 15 is 0 Å². The van der Waals surface area contributed by atoms with Gasteiger partial charge in [-0.2, -0.15) is 5.26 Å². The van der Waals surface area contributed by atoms with E-state index < -0.39 is 5.41 Å². The molecule has 1 aromatic heterocycles. The number of aryl methyl sites for hydroxylation is 1. The van der Waals surface area contributed by atoms with Gasteiger partial charge in [0.25, 0.3) is 0 Å². The van der Waals surface area contributed by atoms with Gasteiger partial charge in [-0.15, -0.1) is 11.3 Å². The largest absolute Gasteiger partial charge is 0.316 e. The number of nitrogens with zero attached hydrogens (tertiary/aromatic N) is 1. The number of thiophene rings is 1. The lowest BCUT2D eigenvalue weighted by molar-refractivity contribution is -0.121. The Hall–Kier alpha value is -2.12. The number of amides is 1. The second-order valence-corrected chi connectivity index (χ2v) is 7.89. The highest BCUT2D eigenvalue weighted by Gasteiger charge is 2.43. The predicted octanol–water partition coefficient (Wildman–Crippen LogP) is 4.56. The maximum atomic E-state index is 13.2. The summed E-state index contributed by atoms with van der Waals surface area (Å²) in [5.41, 5.74) is 2.52. The van der Waals surface area contributed by atoms with Gasteiger partial charge in [-0.3, -0.25) is 4.79 Å². The molecule has 0 aliphatic heterocycles. The minimum atomic E-state index is -0.442. The summed E-state index contributed by atoms with van der Waals surface area (Å²) >= 11 is 1.60. The van der Waals surface area contributed by atoms with E-state index in [-0.39, 0.29) is 5.91 Å². The maximum Gasteiger partial charge on any atom is 0.235 e. The zero-order valence-electron chi connectivity index (χ0n) is 13.6. The van der Waals surface area contributed by atoms with E-state index in [9.17, 15) is 10.1 Å². The number of fused-ring (bicyclic) bond motifs is 1. The van der Waals surface area contributed by atoms with Crippen molar-refractivity contribution in [1.29, 1.82) is 5.26 Å². The molecule has 0 saturated heterocycles. The number of nitriles is 1. The molecule has 3 nitrogen and oxygen atoms in total. The summed E-state index contributed by atoms with van der Waals surface area (Å²) in [5.74, 6) is 0.0580. The molecule has 122 valence electrons. The molecule has 0 bridgehead atoms. The highest BCUT2D eigenvalue weighted by Crippen LogP contribution is 2.44. The van der Waals surface area contributed by atoms with Gasteiger partial charge in [-0.25, -0.2) is 0 Å². The minimum absolute atomic E-state index is 0.0580. The van der Waals surface area contributed by atoms with Crippen molar-refractivity contribution in [2.75, 3.05) is 5.32 Å². The van der Waals surface area contributed by atoms with Gasteiger partial charge in [0.15, 0.2) is 0 Å². The number of benzene rings is 1. The molecular formula is C20H20N2OS. The van der Waals surface area contributed by atoms with Gasteiger partial charge in [0.1, 0.15) is 11.1 Å². The summed E-state index contributed by atoms with van der Waals surface area (Å²) < 4.78 is 0. The zero-order valence-corrected chi connectivity index (χ0v) is 14.4. The predicted molar refractivity (Wildman–Crippen MR) is 96.3 cm³/mol. The molecule has 0 radical (unpaired) electrons. The molecule has 1 heterocycles. The Morgan fingerprint density at radius 3 is 2.58 bits per heavy atom. The Morgan fingerprint density at radius 1 is 1.12 bits per heavy atom. The van der Waals surface area contributed by atoms with Crippen LogP contribution in [0.2, 0.25) is 0 Å². The third kappa shape index (κ3) is 2.35. The quantitative estimate of drug-likeness (QED) is 0.893. The Bertz CT molecular complexity index is 810. The summed E-state index contributed by atoms with van der Waals surface area (Å²) in [7, 11) is 0. The average Bonchev–Trinajstić information content (AvgIpc) is 3.31. The monoisotopic (exact) mass is 336 g/mol. The number of nitrogens with one attached hydrogen (secondary N) is 1. The lowest BCUT2D eigenvalue weighted by atomic mass is 9.78. The second kappa shape index (κ2) is 6.07. The molecule has 24 heavy (non-hydrogen) atoms. The number of anilines is 1. The fourth-order valence-electron chi connectivity index (χ4n) is 4.22. The lowest BCUT2D eigenvalue weighted by Crippen LogP contribution is -2.37. The molecule has 1 saturated carbocycles. The van der Waals surface area contributed by atoms with Crippen LogP contribution in [0, 0.1) is 11.3 Å². The fraction of sp³-hybridized carbons (Fsp3) is 0.400. The SMILES string of the molecule is N#Cc1c(NC(=O)C2(c3ccccc3)CCCC2)sc2c1CCC2. The number of hydrogen-bond acceptors (Lipinski definition) is 3. The summed E-state index contributed by atoms with van der Waals surface area (Å²) in [6.45, 7) is 0. The van der Waals surface area contributed by atoms with Crippen LogP contribution in [0.15, 0.2) is 30.3 Å². The molecule has 0 atom stereocenters. The third-order valence-electron chi connectivity index (χ3n) is 5.48. The van der Waals surface area contributed by atoms with E-state index in [4.69, 9.17) is 0 Å². The number of carbonyl (C=O) groups is 1. The summed E-state index contributed by atoms with van der Waals surface area (Å²) in [4.78, 5) is 14.5. The fourth-order valence-corrected chi connectivity index (χ4v) is 5.45. The Kier molecular flexibility index (Phi) is 3.90.